The van der Waals surface area contributed by atoms with Gasteiger partial charge in [0.25, 0.3) is 0 Å². The number of rotatable bonds is 6. The maximum atomic E-state index is 12.6. The summed E-state index contributed by atoms with van der Waals surface area (Å²) < 4.78 is 15.6. The lowest BCUT2D eigenvalue weighted by Gasteiger charge is -2.06. The minimum Gasteiger partial charge on any atom is -0.501 e. The van der Waals surface area contributed by atoms with E-state index in [2.05, 4.69) is 0 Å². The number of fused-ring (bicyclic) bond motifs is 1. The van der Waals surface area contributed by atoms with E-state index in [0.717, 1.165) is 12.8 Å². The second-order valence-corrected chi connectivity index (χ2v) is 5.02. The van der Waals surface area contributed by atoms with E-state index in [1.807, 2.05) is 0 Å². The van der Waals surface area contributed by atoms with Crippen LogP contribution in [0.1, 0.15) is 30.1 Å². The molecule has 0 radical (unpaired) electrons. The third-order valence-corrected chi connectivity index (χ3v) is 3.46. The minimum atomic E-state index is -0.335. The topological polar surface area (TPSA) is 61.8 Å². The van der Waals surface area contributed by atoms with Gasteiger partial charge in [0.2, 0.25) is 6.79 Å². The maximum absolute atomic E-state index is 12.6. The van der Waals surface area contributed by atoms with Gasteiger partial charge in [0.15, 0.2) is 23.1 Å². The fraction of sp³-hybridized carbons (Fsp3) is 0.375. The molecule has 1 aliphatic carbocycles. The van der Waals surface area contributed by atoms with Gasteiger partial charge in [-0.2, -0.15) is 0 Å². The zero-order valence-electron chi connectivity index (χ0n) is 11.8. The first-order chi connectivity index (χ1) is 10.2. The molecule has 0 unspecified atom stereocenters. The van der Waals surface area contributed by atoms with Crippen molar-refractivity contribution in [1.29, 1.82) is 0 Å². The van der Waals surface area contributed by atoms with Gasteiger partial charge in [0.05, 0.1) is 12.9 Å². The standard InChI is InChI=1S/C16H16O5/c1-2-19-8-12(15(17)10-3-4-10)16(18)11-5-6-13-14(7-11)21-9-20-13/h5-8,10H,2-4,9H2,1H3. The van der Waals surface area contributed by atoms with E-state index in [1.54, 1.807) is 25.1 Å². The summed E-state index contributed by atoms with van der Waals surface area (Å²) in [6, 6.07) is 4.91. The quantitative estimate of drug-likeness (QED) is 0.264. The Hall–Kier alpha value is -2.30. The Kier molecular flexibility index (Phi) is 3.64. The second kappa shape index (κ2) is 5.60. The van der Waals surface area contributed by atoms with Crippen LogP contribution in [0.2, 0.25) is 0 Å². The Morgan fingerprint density at radius 3 is 2.76 bits per heavy atom. The number of Topliss-reactive ketones (excluding diaryl/α,β-unsaturated/α-hetero) is 2. The van der Waals surface area contributed by atoms with Crippen molar-refractivity contribution in [2.75, 3.05) is 13.4 Å². The van der Waals surface area contributed by atoms with Crippen LogP contribution in [-0.2, 0) is 9.53 Å². The summed E-state index contributed by atoms with van der Waals surface area (Å²) >= 11 is 0. The Morgan fingerprint density at radius 1 is 1.29 bits per heavy atom. The van der Waals surface area contributed by atoms with E-state index < -0.39 is 0 Å². The smallest absolute Gasteiger partial charge is 0.231 e. The molecule has 1 saturated carbocycles. The van der Waals surface area contributed by atoms with E-state index in [1.165, 1.54) is 6.26 Å². The molecule has 1 fully saturated rings. The Bertz CT molecular complexity index is 613. The molecular formula is C16H16O5. The van der Waals surface area contributed by atoms with Crippen LogP contribution < -0.4 is 9.47 Å². The minimum absolute atomic E-state index is 0.0327. The SMILES string of the molecule is CCOC=C(C(=O)c1ccc2c(c1)OCO2)C(=O)C1CC1. The van der Waals surface area contributed by atoms with Gasteiger partial charge in [-0.1, -0.05) is 0 Å². The summed E-state index contributed by atoms with van der Waals surface area (Å²) in [6.45, 7) is 2.37. The molecule has 1 heterocycles. The first-order valence-electron chi connectivity index (χ1n) is 7.01. The van der Waals surface area contributed by atoms with Crippen LogP contribution in [0.3, 0.4) is 0 Å². The number of carbonyl (C=O) groups is 2. The number of ether oxygens (including phenoxy) is 3. The predicted molar refractivity (Wildman–Crippen MR) is 74.3 cm³/mol. The van der Waals surface area contributed by atoms with E-state index >= 15 is 0 Å². The normalized spacial score (nSPS) is 16.7. The zero-order chi connectivity index (χ0) is 14.8. The van der Waals surface area contributed by atoms with E-state index in [9.17, 15) is 9.59 Å². The van der Waals surface area contributed by atoms with Crippen molar-refractivity contribution in [3.05, 3.63) is 35.6 Å². The average molecular weight is 288 g/mol. The highest BCUT2D eigenvalue weighted by Crippen LogP contribution is 2.35. The van der Waals surface area contributed by atoms with Crippen LogP contribution in [-0.4, -0.2) is 25.0 Å². The fourth-order valence-corrected chi connectivity index (χ4v) is 2.15. The van der Waals surface area contributed by atoms with Crippen molar-refractivity contribution in [3.8, 4) is 11.5 Å². The summed E-state index contributed by atoms with van der Waals surface area (Å²) in [5, 5.41) is 0. The molecule has 0 spiro atoms. The van der Waals surface area contributed by atoms with Crippen LogP contribution in [0.5, 0.6) is 11.5 Å². The highest BCUT2D eigenvalue weighted by Gasteiger charge is 2.35. The number of benzene rings is 1. The fourth-order valence-electron chi connectivity index (χ4n) is 2.15. The molecule has 0 saturated heterocycles. The largest absolute Gasteiger partial charge is 0.501 e. The van der Waals surface area contributed by atoms with Gasteiger partial charge in [-0.05, 0) is 38.0 Å². The molecule has 0 N–H and O–H groups in total. The lowest BCUT2D eigenvalue weighted by atomic mass is 9.98. The van der Waals surface area contributed by atoms with Gasteiger partial charge in [-0.25, -0.2) is 0 Å². The van der Waals surface area contributed by atoms with Crippen LogP contribution in [0.4, 0.5) is 0 Å². The van der Waals surface area contributed by atoms with Crippen molar-refractivity contribution in [1.82, 2.24) is 0 Å². The van der Waals surface area contributed by atoms with E-state index in [0.29, 0.717) is 23.7 Å². The van der Waals surface area contributed by atoms with E-state index in [-0.39, 0.29) is 29.9 Å². The average Bonchev–Trinajstić information content (AvgIpc) is 3.24. The Morgan fingerprint density at radius 2 is 2.05 bits per heavy atom. The van der Waals surface area contributed by atoms with Gasteiger partial charge in [0, 0.05) is 11.5 Å². The second-order valence-electron chi connectivity index (χ2n) is 5.02. The van der Waals surface area contributed by atoms with Crippen LogP contribution in [0, 0.1) is 5.92 Å². The summed E-state index contributed by atoms with van der Waals surface area (Å²) in [7, 11) is 0. The molecule has 1 aromatic carbocycles. The lowest BCUT2D eigenvalue weighted by Crippen LogP contribution is -2.15. The van der Waals surface area contributed by atoms with E-state index in [4.69, 9.17) is 14.2 Å². The lowest BCUT2D eigenvalue weighted by molar-refractivity contribution is -0.116. The Balaban J connectivity index is 1.88. The van der Waals surface area contributed by atoms with Crippen LogP contribution >= 0.6 is 0 Å². The highest BCUT2D eigenvalue weighted by molar-refractivity contribution is 6.27. The first-order valence-corrected chi connectivity index (χ1v) is 7.01. The molecule has 0 amide bonds. The molecule has 5 heteroatoms. The van der Waals surface area contributed by atoms with Crippen LogP contribution in [0.15, 0.2) is 30.0 Å². The molecule has 2 aliphatic rings. The highest BCUT2D eigenvalue weighted by atomic mass is 16.7. The molecule has 0 bridgehead atoms. The molecule has 21 heavy (non-hydrogen) atoms. The van der Waals surface area contributed by atoms with Crippen molar-refractivity contribution in [3.63, 3.8) is 0 Å². The first kappa shape index (κ1) is 13.7. The molecule has 0 atom stereocenters. The molecular weight excluding hydrogens is 272 g/mol. The maximum Gasteiger partial charge on any atom is 0.231 e. The van der Waals surface area contributed by atoms with Crippen molar-refractivity contribution < 1.29 is 23.8 Å². The Labute approximate surface area is 122 Å². The van der Waals surface area contributed by atoms with Crippen molar-refractivity contribution in [2.24, 2.45) is 5.92 Å². The summed E-state index contributed by atoms with van der Waals surface area (Å²) in [4.78, 5) is 24.8. The van der Waals surface area contributed by atoms with Gasteiger partial charge in [-0.15, -0.1) is 0 Å². The molecule has 3 rings (SSSR count). The van der Waals surface area contributed by atoms with Crippen molar-refractivity contribution >= 4 is 11.6 Å². The number of ketones is 2. The number of hydrogen-bond donors (Lipinski definition) is 0. The summed E-state index contributed by atoms with van der Waals surface area (Å²) in [5.74, 6) is 0.630. The zero-order valence-corrected chi connectivity index (χ0v) is 11.8. The van der Waals surface area contributed by atoms with Gasteiger partial charge in [0.1, 0.15) is 5.57 Å². The molecule has 5 nitrogen and oxygen atoms in total. The van der Waals surface area contributed by atoms with Gasteiger partial charge < -0.3 is 14.2 Å². The summed E-state index contributed by atoms with van der Waals surface area (Å²) in [5.41, 5.74) is 0.511. The molecule has 0 aromatic heterocycles. The van der Waals surface area contributed by atoms with Crippen molar-refractivity contribution in [2.45, 2.75) is 19.8 Å². The van der Waals surface area contributed by atoms with Gasteiger partial charge >= 0.3 is 0 Å². The third-order valence-electron chi connectivity index (χ3n) is 3.46. The molecule has 1 aliphatic heterocycles. The van der Waals surface area contributed by atoms with Gasteiger partial charge in [-0.3, -0.25) is 9.59 Å². The summed E-state index contributed by atoms with van der Waals surface area (Å²) in [6.07, 6.45) is 2.97. The molecule has 1 aromatic rings. The predicted octanol–water partition coefficient (Wildman–Crippen LogP) is 2.50. The van der Waals surface area contributed by atoms with Crippen LogP contribution in [0.25, 0.3) is 0 Å². The molecule has 110 valence electrons. The number of allylic oxidation sites excluding steroid dienone is 1. The third kappa shape index (κ3) is 2.77. The monoisotopic (exact) mass is 288 g/mol. The number of hydrogen-bond acceptors (Lipinski definition) is 5. The number of carbonyl (C=O) groups excluding carboxylic acids is 2.